The Hall–Kier alpha value is -2.57. The van der Waals surface area contributed by atoms with E-state index in [1.807, 2.05) is 29.6 Å². The molecule has 1 aromatic heterocycles. The maximum atomic E-state index is 14.0. The zero-order chi connectivity index (χ0) is 20.2. The molecule has 0 aliphatic carbocycles. The zero-order valence-electron chi connectivity index (χ0n) is 15.9. The first-order valence-corrected chi connectivity index (χ1v) is 10.6. The van der Waals surface area contributed by atoms with Gasteiger partial charge in [0, 0.05) is 36.9 Å². The second kappa shape index (κ2) is 8.84. The molecule has 6 heteroatoms. The number of hydrogen-bond donors (Lipinski definition) is 0. The lowest BCUT2D eigenvalue weighted by molar-refractivity contribution is 0.0962. The van der Waals surface area contributed by atoms with Crippen LogP contribution in [0, 0.1) is 11.6 Å². The van der Waals surface area contributed by atoms with E-state index in [2.05, 4.69) is 4.90 Å². The van der Waals surface area contributed by atoms with Crippen LogP contribution < -0.4 is 4.90 Å². The van der Waals surface area contributed by atoms with Gasteiger partial charge in [-0.05, 0) is 54.6 Å². The molecular weight excluding hydrogens is 390 g/mol. The molecule has 2 aromatic carbocycles. The van der Waals surface area contributed by atoms with E-state index in [1.165, 1.54) is 29.5 Å². The van der Waals surface area contributed by atoms with E-state index >= 15 is 0 Å². The summed E-state index contributed by atoms with van der Waals surface area (Å²) < 4.78 is 27.4. The Kier molecular flexibility index (Phi) is 6.02. The summed E-state index contributed by atoms with van der Waals surface area (Å²) in [4.78, 5) is 17.9. The number of thiophene rings is 1. The average Bonchev–Trinajstić information content (AvgIpc) is 3.27. The number of nitrogens with zero attached hydrogens (tertiary/aromatic N) is 2. The van der Waals surface area contributed by atoms with Gasteiger partial charge < -0.3 is 4.90 Å². The van der Waals surface area contributed by atoms with Gasteiger partial charge in [-0.2, -0.15) is 0 Å². The Morgan fingerprint density at radius 3 is 2.38 bits per heavy atom. The van der Waals surface area contributed by atoms with Crippen molar-refractivity contribution in [1.82, 2.24) is 4.90 Å². The summed E-state index contributed by atoms with van der Waals surface area (Å²) in [7, 11) is 0. The molecule has 1 saturated heterocycles. The van der Waals surface area contributed by atoms with E-state index in [4.69, 9.17) is 0 Å². The molecule has 1 aliphatic rings. The summed E-state index contributed by atoms with van der Waals surface area (Å²) in [6.07, 6.45) is 1.56. The lowest BCUT2D eigenvalue weighted by atomic mass is 10.0. The molecule has 0 atom stereocenters. The highest BCUT2D eigenvalue weighted by Gasteiger charge is 2.30. The van der Waals surface area contributed by atoms with Crippen molar-refractivity contribution in [2.45, 2.75) is 25.4 Å². The molecule has 0 bridgehead atoms. The molecule has 1 fully saturated rings. The van der Waals surface area contributed by atoms with Crippen molar-refractivity contribution in [3.63, 3.8) is 0 Å². The van der Waals surface area contributed by atoms with E-state index in [1.54, 1.807) is 23.1 Å². The third-order valence-electron chi connectivity index (χ3n) is 5.33. The van der Waals surface area contributed by atoms with Gasteiger partial charge in [0.25, 0.3) is 5.91 Å². The Balaban J connectivity index is 1.50. The standard InChI is InChI=1S/C23H22F2N2OS/c24-18-7-9-19(10-8-18)27(23(28)22-6-3-15-29-22)20-11-13-26(14-12-20)16-17-4-1-2-5-21(17)25/h1-10,15,20H,11-14,16H2. The van der Waals surface area contributed by atoms with Gasteiger partial charge in [0.15, 0.2) is 0 Å². The topological polar surface area (TPSA) is 23.6 Å². The van der Waals surface area contributed by atoms with E-state index in [-0.39, 0.29) is 23.6 Å². The van der Waals surface area contributed by atoms with Crippen molar-refractivity contribution in [2.24, 2.45) is 0 Å². The molecular formula is C23H22F2N2OS. The van der Waals surface area contributed by atoms with E-state index in [0.717, 1.165) is 25.9 Å². The Labute approximate surface area is 173 Å². The van der Waals surface area contributed by atoms with Crippen LogP contribution in [0.5, 0.6) is 0 Å². The van der Waals surface area contributed by atoms with Crippen LogP contribution >= 0.6 is 11.3 Å². The maximum Gasteiger partial charge on any atom is 0.268 e. The number of amides is 1. The molecule has 1 aliphatic heterocycles. The molecule has 0 unspecified atom stereocenters. The Bertz CT molecular complexity index is 951. The van der Waals surface area contributed by atoms with Crippen LogP contribution in [-0.2, 0) is 6.54 Å². The third-order valence-corrected chi connectivity index (χ3v) is 6.19. The summed E-state index contributed by atoms with van der Waals surface area (Å²) >= 11 is 1.41. The molecule has 0 N–H and O–H groups in total. The SMILES string of the molecule is O=C(c1cccs1)N(c1ccc(F)cc1)C1CCN(Cc2ccccc2F)CC1. The average molecular weight is 413 g/mol. The highest BCUT2D eigenvalue weighted by Crippen LogP contribution is 2.28. The van der Waals surface area contributed by atoms with Gasteiger partial charge in [-0.3, -0.25) is 9.69 Å². The number of carbonyl (C=O) groups excluding carboxylic acids is 1. The summed E-state index contributed by atoms with van der Waals surface area (Å²) in [6.45, 7) is 2.11. The van der Waals surface area contributed by atoms with E-state index < -0.39 is 0 Å². The molecule has 0 saturated carbocycles. The number of hydrogen-bond acceptors (Lipinski definition) is 3. The Morgan fingerprint density at radius 2 is 1.72 bits per heavy atom. The first-order valence-electron chi connectivity index (χ1n) is 9.70. The van der Waals surface area contributed by atoms with E-state index in [9.17, 15) is 13.6 Å². The summed E-state index contributed by atoms with van der Waals surface area (Å²) in [6, 6.07) is 16.6. The van der Waals surface area contributed by atoms with Gasteiger partial charge in [-0.1, -0.05) is 24.3 Å². The fraction of sp³-hybridized carbons (Fsp3) is 0.261. The third kappa shape index (κ3) is 4.54. The van der Waals surface area contributed by atoms with Gasteiger partial charge in [0.05, 0.1) is 4.88 Å². The molecule has 3 aromatic rings. The zero-order valence-corrected chi connectivity index (χ0v) is 16.7. The summed E-state index contributed by atoms with van der Waals surface area (Å²) in [5, 5.41) is 1.88. The van der Waals surface area contributed by atoms with Crippen LogP contribution in [0.2, 0.25) is 0 Å². The molecule has 2 heterocycles. The van der Waals surface area contributed by atoms with Crippen molar-refractivity contribution >= 4 is 22.9 Å². The highest BCUT2D eigenvalue weighted by molar-refractivity contribution is 7.12. The van der Waals surface area contributed by atoms with Crippen molar-refractivity contribution in [2.75, 3.05) is 18.0 Å². The van der Waals surface area contributed by atoms with Crippen molar-refractivity contribution in [3.8, 4) is 0 Å². The first kappa shape index (κ1) is 19.7. The fourth-order valence-electron chi connectivity index (χ4n) is 3.82. The summed E-state index contributed by atoms with van der Waals surface area (Å²) in [5.74, 6) is -0.563. The second-order valence-corrected chi connectivity index (χ2v) is 8.18. The maximum absolute atomic E-state index is 14.0. The largest absolute Gasteiger partial charge is 0.305 e. The number of benzene rings is 2. The van der Waals surface area contributed by atoms with Crippen molar-refractivity contribution in [3.05, 3.63) is 88.1 Å². The number of piperidine rings is 1. The van der Waals surface area contributed by atoms with Gasteiger partial charge in [-0.25, -0.2) is 8.78 Å². The molecule has 150 valence electrons. The first-order chi connectivity index (χ1) is 14.1. The van der Waals surface area contributed by atoms with Crippen LogP contribution in [0.3, 0.4) is 0 Å². The smallest absolute Gasteiger partial charge is 0.268 e. The minimum absolute atomic E-state index is 0.0203. The predicted octanol–water partition coefficient (Wildman–Crippen LogP) is 5.34. The lowest BCUT2D eigenvalue weighted by Gasteiger charge is -2.38. The highest BCUT2D eigenvalue weighted by atomic mass is 32.1. The van der Waals surface area contributed by atoms with Crippen molar-refractivity contribution in [1.29, 1.82) is 0 Å². The number of likely N-dealkylation sites (tertiary alicyclic amines) is 1. The summed E-state index contributed by atoms with van der Waals surface area (Å²) in [5.41, 5.74) is 1.40. The van der Waals surface area contributed by atoms with E-state index in [0.29, 0.717) is 22.7 Å². The van der Waals surface area contributed by atoms with Crippen LogP contribution in [0.4, 0.5) is 14.5 Å². The predicted molar refractivity (Wildman–Crippen MR) is 112 cm³/mol. The normalized spacial score (nSPS) is 15.4. The van der Waals surface area contributed by atoms with Gasteiger partial charge in [-0.15, -0.1) is 11.3 Å². The molecule has 0 spiro atoms. The molecule has 3 nitrogen and oxygen atoms in total. The van der Waals surface area contributed by atoms with Gasteiger partial charge >= 0.3 is 0 Å². The number of carbonyl (C=O) groups is 1. The van der Waals surface area contributed by atoms with Crippen LogP contribution in [0.25, 0.3) is 0 Å². The molecule has 29 heavy (non-hydrogen) atoms. The van der Waals surface area contributed by atoms with Crippen LogP contribution in [0.1, 0.15) is 28.1 Å². The number of anilines is 1. The van der Waals surface area contributed by atoms with Crippen molar-refractivity contribution < 1.29 is 13.6 Å². The molecule has 0 radical (unpaired) electrons. The van der Waals surface area contributed by atoms with Gasteiger partial charge in [0.1, 0.15) is 11.6 Å². The second-order valence-electron chi connectivity index (χ2n) is 7.23. The minimum atomic E-state index is -0.322. The fourth-order valence-corrected chi connectivity index (χ4v) is 4.48. The lowest BCUT2D eigenvalue weighted by Crippen LogP contribution is -2.47. The molecule has 1 amide bonds. The van der Waals surface area contributed by atoms with Crippen LogP contribution in [-0.4, -0.2) is 29.9 Å². The van der Waals surface area contributed by atoms with Crippen LogP contribution in [0.15, 0.2) is 66.0 Å². The minimum Gasteiger partial charge on any atom is -0.305 e. The quantitative estimate of drug-likeness (QED) is 0.565. The Morgan fingerprint density at radius 1 is 1.00 bits per heavy atom. The number of halogens is 2. The van der Waals surface area contributed by atoms with Gasteiger partial charge in [0.2, 0.25) is 0 Å². The monoisotopic (exact) mass is 412 g/mol. The molecule has 4 rings (SSSR count). The number of rotatable bonds is 5.